The Balaban J connectivity index is 1.73. The second kappa shape index (κ2) is 6.14. The van der Waals surface area contributed by atoms with E-state index in [1.165, 1.54) is 6.07 Å². The highest BCUT2D eigenvalue weighted by Crippen LogP contribution is 2.24. The van der Waals surface area contributed by atoms with Crippen molar-refractivity contribution in [2.24, 2.45) is 0 Å². The minimum atomic E-state index is -2.75. The van der Waals surface area contributed by atoms with Crippen molar-refractivity contribution in [2.75, 3.05) is 5.32 Å². The number of carbonyl (C=O) groups excluding carboxylic acids is 1. The lowest BCUT2D eigenvalue weighted by Gasteiger charge is -2.06. The van der Waals surface area contributed by atoms with Crippen LogP contribution in [0.3, 0.4) is 0 Å². The highest BCUT2D eigenvalue weighted by Gasteiger charge is 2.20. The molecule has 0 radical (unpaired) electrons. The smallest absolute Gasteiger partial charge is 0.295 e. The van der Waals surface area contributed by atoms with Crippen LogP contribution in [-0.4, -0.2) is 25.5 Å². The molecule has 0 saturated heterocycles. The molecule has 0 bridgehead atoms. The number of fused-ring (bicyclic) bond motifs is 2. The molecule has 0 atom stereocenters. The van der Waals surface area contributed by atoms with Crippen LogP contribution >= 0.6 is 0 Å². The van der Waals surface area contributed by atoms with E-state index < -0.39 is 12.3 Å². The van der Waals surface area contributed by atoms with E-state index in [0.717, 1.165) is 15.3 Å². The SMILES string of the molecule is Cc1cc(C(F)F)n2nc(C(=O)Nc3cccc4ccccc34)nc2n1. The van der Waals surface area contributed by atoms with Gasteiger partial charge in [-0.05, 0) is 24.4 Å². The fourth-order valence-corrected chi connectivity index (χ4v) is 2.78. The molecule has 4 rings (SSSR count). The molecule has 6 nitrogen and oxygen atoms in total. The van der Waals surface area contributed by atoms with Gasteiger partial charge in [0.1, 0.15) is 5.69 Å². The first-order valence-corrected chi connectivity index (χ1v) is 7.84. The van der Waals surface area contributed by atoms with Crippen molar-refractivity contribution in [1.82, 2.24) is 19.6 Å². The third kappa shape index (κ3) is 2.75. The van der Waals surface area contributed by atoms with E-state index in [1.807, 2.05) is 36.4 Å². The molecule has 1 amide bonds. The summed E-state index contributed by atoms with van der Waals surface area (Å²) < 4.78 is 27.3. The van der Waals surface area contributed by atoms with Crippen LogP contribution in [0.1, 0.15) is 28.4 Å². The number of hydrogen-bond donors (Lipinski definition) is 1. The number of anilines is 1. The van der Waals surface area contributed by atoms with Crippen LogP contribution in [0.5, 0.6) is 0 Å². The lowest BCUT2D eigenvalue weighted by molar-refractivity contribution is 0.101. The zero-order valence-electron chi connectivity index (χ0n) is 13.6. The van der Waals surface area contributed by atoms with E-state index in [0.29, 0.717) is 11.4 Å². The number of aromatic nitrogens is 4. The van der Waals surface area contributed by atoms with Gasteiger partial charge >= 0.3 is 0 Å². The van der Waals surface area contributed by atoms with Gasteiger partial charge in [-0.1, -0.05) is 36.4 Å². The van der Waals surface area contributed by atoms with Gasteiger partial charge in [0.05, 0.1) is 0 Å². The Labute approximate surface area is 146 Å². The van der Waals surface area contributed by atoms with Crippen LogP contribution in [0.25, 0.3) is 16.6 Å². The Hall–Kier alpha value is -3.42. The number of alkyl halides is 2. The van der Waals surface area contributed by atoms with Gasteiger partial charge < -0.3 is 5.32 Å². The molecule has 0 spiro atoms. The van der Waals surface area contributed by atoms with Crippen molar-refractivity contribution in [1.29, 1.82) is 0 Å². The van der Waals surface area contributed by atoms with E-state index in [2.05, 4.69) is 20.4 Å². The first kappa shape index (κ1) is 16.1. The first-order chi connectivity index (χ1) is 12.5. The summed E-state index contributed by atoms with van der Waals surface area (Å²) in [6, 6.07) is 14.3. The number of halogens is 2. The van der Waals surface area contributed by atoms with Crippen molar-refractivity contribution in [3.63, 3.8) is 0 Å². The first-order valence-electron chi connectivity index (χ1n) is 7.84. The summed E-state index contributed by atoms with van der Waals surface area (Å²) in [4.78, 5) is 20.6. The number of rotatable bonds is 3. The molecule has 0 aliphatic heterocycles. The molecule has 0 aliphatic carbocycles. The summed E-state index contributed by atoms with van der Waals surface area (Å²) in [5.74, 6) is -0.856. The van der Waals surface area contributed by atoms with Crippen molar-refractivity contribution in [3.05, 3.63) is 65.7 Å². The van der Waals surface area contributed by atoms with Gasteiger partial charge in [0.25, 0.3) is 18.1 Å². The van der Waals surface area contributed by atoms with Gasteiger partial charge in [-0.3, -0.25) is 4.79 Å². The molecule has 0 unspecified atom stereocenters. The number of nitrogens with one attached hydrogen (secondary N) is 1. The molecule has 2 aromatic carbocycles. The van der Waals surface area contributed by atoms with Crippen LogP contribution < -0.4 is 5.32 Å². The number of nitrogens with zero attached hydrogens (tertiary/aromatic N) is 4. The third-order valence-corrected chi connectivity index (χ3v) is 3.93. The normalized spacial score (nSPS) is 11.4. The number of amides is 1. The molecule has 0 saturated carbocycles. The second-order valence-electron chi connectivity index (χ2n) is 5.75. The summed E-state index contributed by atoms with van der Waals surface area (Å²) in [7, 11) is 0. The zero-order valence-corrected chi connectivity index (χ0v) is 13.6. The molecule has 0 aliphatic rings. The van der Waals surface area contributed by atoms with Crippen LogP contribution in [-0.2, 0) is 0 Å². The van der Waals surface area contributed by atoms with Gasteiger partial charge in [0.15, 0.2) is 0 Å². The van der Waals surface area contributed by atoms with Gasteiger partial charge in [-0.15, -0.1) is 5.10 Å². The molecule has 1 N–H and O–H groups in total. The quantitative estimate of drug-likeness (QED) is 0.608. The van der Waals surface area contributed by atoms with Gasteiger partial charge in [-0.2, -0.15) is 9.50 Å². The highest BCUT2D eigenvalue weighted by molar-refractivity contribution is 6.07. The maximum atomic E-state index is 13.2. The maximum Gasteiger partial charge on any atom is 0.295 e. The monoisotopic (exact) mass is 353 g/mol. The summed E-state index contributed by atoms with van der Waals surface area (Å²) in [5.41, 5.74) is 0.607. The minimum Gasteiger partial charge on any atom is -0.319 e. The molecular formula is C18H13F2N5O. The Morgan fingerprint density at radius 1 is 1.12 bits per heavy atom. The van der Waals surface area contributed by atoms with E-state index in [1.54, 1.807) is 13.0 Å². The van der Waals surface area contributed by atoms with E-state index in [4.69, 9.17) is 0 Å². The molecule has 2 aromatic heterocycles. The van der Waals surface area contributed by atoms with Gasteiger partial charge in [0, 0.05) is 16.8 Å². The molecule has 4 aromatic rings. The maximum absolute atomic E-state index is 13.2. The topological polar surface area (TPSA) is 72.2 Å². The Bertz CT molecular complexity index is 1130. The van der Waals surface area contributed by atoms with Crippen molar-refractivity contribution < 1.29 is 13.6 Å². The molecular weight excluding hydrogens is 340 g/mol. The zero-order chi connectivity index (χ0) is 18.3. The van der Waals surface area contributed by atoms with Crippen LogP contribution in [0, 0.1) is 6.92 Å². The fourth-order valence-electron chi connectivity index (χ4n) is 2.78. The standard InChI is InChI=1S/C18H13F2N5O/c1-10-9-14(15(19)20)25-18(21-10)23-16(24-25)17(26)22-13-8-4-6-11-5-2-3-7-12(11)13/h2-9,15H,1H3,(H,22,26). The van der Waals surface area contributed by atoms with E-state index in [9.17, 15) is 13.6 Å². The van der Waals surface area contributed by atoms with E-state index >= 15 is 0 Å². The minimum absolute atomic E-state index is 0.0385. The molecule has 26 heavy (non-hydrogen) atoms. The van der Waals surface area contributed by atoms with Crippen LogP contribution in [0.2, 0.25) is 0 Å². The molecule has 2 heterocycles. The predicted octanol–water partition coefficient (Wildman–Crippen LogP) is 3.78. The second-order valence-corrected chi connectivity index (χ2v) is 5.75. The van der Waals surface area contributed by atoms with Crippen LogP contribution in [0.4, 0.5) is 14.5 Å². The molecule has 0 fully saturated rings. The van der Waals surface area contributed by atoms with Gasteiger partial charge in [-0.25, -0.2) is 13.8 Å². The van der Waals surface area contributed by atoms with Crippen molar-refractivity contribution in [3.8, 4) is 0 Å². The van der Waals surface area contributed by atoms with Crippen molar-refractivity contribution >= 4 is 28.1 Å². The Kier molecular flexibility index (Phi) is 3.80. The highest BCUT2D eigenvalue weighted by atomic mass is 19.3. The lowest BCUT2D eigenvalue weighted by atomic mass is 10.1. The molecule has 130 valence electrons. The number of aryl methyl sites for hydroxylation is 1. The van der Waals surface area contributed by atoms with Crippen molar-refractivity contribution in [2.45, 2.75) is 13.3 Å². The largest absolute Gasteiger partial charge is 0.319 e. The number of carbonyl (C=O) groups is 1. The third-order valence-electron chi connectivity index (χ3n) is 3.93. The predicted molar refractivity (Wildman–Crippen MR) is 92.4 cm³/mol. The van der Waals surface area contributed by atoms with E-state index in [-0.39, 0.29) is 17.3 Å². The average Bonchev–Trinajstić information content (AvgIpc) is 3.05. The van der Waals surface area contributed by atoms with Crippen LogP contribution in [0.15, 0.2) is 48.5 Å². The summed E-state index contributed by atoms with van der Waals surface area (Å²) in [6.45, 7) is 1.58. The average molecular weight is 353 g/mol. The summed E-state index contributed by atoms with van der Waals surface area (Å²) >= 11 is 0. The lowest BCUT2D eigenvalue weighted by Crippen LogP contribution is -2.14. The Morgan fingerprint density at radius 3 is 2.69 bits per heavy atom. The summed E-state index contributed by atoms with van der Waals surface area (Å²) in [5, 5.41) is 8.45. The van der Waals surface area contributed by atoms with Gasteiger partial charge in [0.2, 0.25) is 5.82 Å². The fraction of sp³-hybridized carbons (Fsp3) is 0.111. The number of hydrogen-bond acceptors (Lipinski definition) is 4. The summed E-state index contributed by atoms with van der Waals surface area (Å²) in [6.07, 6.45) is -2.75. The number of benzene rings is 2. The molecule has 8 heteroatoms. The Morgan fingerprint density at radius 2 is 1.88 bits per heavy atom.